The molecule has 2 fully saturated rings. The maximum atomic E-state index is 11.8. The second kappa shape index (κ2) is 10.5. The lowest BCUT2D eigenvalue weighted by molar-refractivity contribution is 0.0963. The molecule has 0 aromatic carbocycles. The third-order valence-corrected chi connectivity index (χ3v) is 5.03. The number of carbonyl (C=O) groups excluding carboxylic acids is 1. The monoisotopic (exact) mass is 353 g/mol. The summed E-state index contributed by atoms with van der Waals surface area (Å²) in [5, 5.41) is 6.90. The zero-order valence-corrected chi connectivity index (χ0v) is 16.1. The second-order valence-electron chi connectivity index (χ2n) is 6.87. The Morgan fingerprint density at radius 3 is 2.52 bits per heavy atom. The van der Waals surface area contributed by atoms with Crippen molar-refractivity contribution in [3.05, 3.63) is 0 Å². The van der Waals surface area contributed by atoms with E-state index in [4.69, 9.17) is 9.73 Å². The van der Waals surface area contributed by atoms with Gasteiger partial charge in [-0.15, -0.1) is 0 Å². The number of hydrogen-bond acceptors (Lipinski definition) is 4. The first-order valence-electron chi connectivity index (χ1n) is 9.85. The highest BCUT2D eigenvalue weighted by Gasteiger charge is 2.24. The van der Waals surface area contributed by atoms with Gasteiger partial charge in [-0.25, -0.2) is 4.79 Å². The topological polar surface area (TPSA) is 69.2 Å². The molecule has 0 saturated carbocycles. The van der Waals surface area contributed by atoms with Crippen molar-refractivity contribution >= 4 is 12.1 Å². The van der Waals surface area contributed by atoms with Gasteiger partial charge in [-0.1, -0.05) is 6.92 Å². The summed E-state index contributed by atoms with van der Waals surface area (Å²) in [7, 11) is 0. The molecule has 2 heterocycles. The van der Waals surface area contributed by atoms with Gasteiger partial charge in [0, 0.05) is 38.8 Å². The van der Waals surface area contributed by atoms with E-state index in [1.54, 1.807) is 4.90 Å². The van der Waals surface area contributed by atoms with Gasteiger partial charge in [0.05, 0.1) is 6.61 Å². The lowest BCUT2D eigenvalue weighted by Crippen LogP contribution is -2.50. The van der Waals surface area contributed by atoms with E-state index in [0.29, 0.717) is 18.6 Å². The van der Waals surface area contributed by atoms with E-state index in [2.05, 4.69) is 29.4 Å². The molecule has 144 valence electrons. The van der Waals surface area contributed by atoms with E-state index >= 15 is 0 Å². The fourth-order valence-electron chi connectivity index (χ4n) is 3.50. The molecule has 1 unspecified atom stereocenters. The maximum Gasteiger partial charge on any atom is 0.409 e. The average molecular weight is 354 g/mol. The van der Waals surface area contributed by atoms with Crippen LogP contribution in [-0.2, 0) is 4.74 Å². The van der Waals surface area contributed by atoms with Crippen LogP contribution in [0, 0.1) is 5.92 Å². The number of likely N-dealkylation sites (tertiary alicyclic amines) is 2. The largest absolute Gasteiger partial charge is 0.450 e. The summed E-state index contributed by atoms with van der Waals surface area (Å²) in [4.78, 5) is 20.9. The van der Waals surface area contributed by atoms with E-state index in [1.165, 1.54) is 13.0 Å². The number of piperidine rings is 1. The quantitative estimate of drug-likeness (QED) is 0.559. The van der Waals surface area contributed by atoms with Crippen LogP contribution in [0.5, 0.6) is 0 Å². The van der Waals surface area contributed by atoms with Crippen LogP contribution in [0.25, 0.3) is 0 Å². The normalized spacial score (nSPS) is 22.9. The van der Waals surface area contributed by atoms with Gasteiger partial charge in [0.25, 0.3) is 0 Å². The minimum atomic E-state index is -0.191. The molecule has 7 nitrogen and oxygen atoms in total. The molecule has 0 radical (unpaired) electrons. The maximum absolute atomic E-state index is 11.8. The van der Waals surface area contributed by atoms with Crippen LogP contribution in [0.1, 0.15) is 40.0 Å². The van der Waals surface area contributed by atoms with Crippen molar-refractivity contribution in [1.29, 1.82) is 0 Å². The zero-order valence-electron chi connectivity index (χ0n) is 16.1. The molecule has 2 rings (SSSR count). The Morgan fingerprint density at radius 1 is 1.16 bits per heavy atom. The van der Waals surface area contributed by atoms with E-state index in [9.17, 15) is 4.79 Å². The van der Waals surface area contributed by atoms with Gasteiger partial charge in [0.15, 0.2) is 5.96 Å². The Balaban J connectivity index is 1.77. The van der Waals surface area contributed by atoms with Crippen molar-refractivity contribution in [1.82, 2.24) is 20.4 Å². The molecule has 0 bridgehead atoms. The van der Waals surface area contributed by atoms with Gasteiger partial charge in [-0.3, -0.25) is 4.99 Å². The van der Waals surface area contributed by atoms with Crippen LogP contribution in [0.2, 0.25) is 0 Å². The standard InChI is InChI=1S/C18H35N5O2/c1-4-19-17(20-13-15-7-10-22(5-2)14-15)21-16-8-11-23(12-9-16)18(24)25-6-3/h15-16H,4-14H2,1-3H3,(H2,19,20,21). The highest BCUT2D eigenvalue weighted by molar-refractivity contribution is 5.80. The van der Waals surface area contributed by atoms with Gasteiger partial charge in [0.1, 0.15) is 0 Å². The lowest BCUT2D eigenvalue weighted by Gasteiger charge is -2.32. The number of nitrogens with zero attached hydrogens (tertiary/aromatic N) is 3. The molecule has 2 N–H and O–H groups in total. The van der Waals surface area contributed by atoms with Gasteiger partial charge in [0.2, 0.25) is 0 Å². The number of nitrogens with one attached hydrogen (secondary N) is 2. The summed E-state index contributed by atoms with van der Waals surface area (Å²) in [6.45, 7) is 13.3. The van der Waals surface area contributed by atoms with Gasteiger partial charge in [-0.05, 0) is 52.1 Å². The summed E-state index contributed by atoms with van der Waals surface area (Å²) < 4.78 is 5.08. The predicted molar refractivity (Wildman–Crippen MR) is 101 cm³/mol. The van der Waals surface area contributed by atoms with E-state index in [1.807, 2.05) is 6.92 Å². The van der Waals surface area contributed by atoms with Crippen molar-refractivity contribution in [2.24, 2.45) is 10.9 Å². The van der Waals surface area contributed by atoms with E-state index in [0.717, 1.165) is 58.1 Å². The summed E-state index contributed by atoms with van der Waals surface area (Å²) in [6, 6.07) is 0.360. The number of aliphatic imine (C=N–C) groups is 1. The molecule has 2 aliphatic heterocycles. The van der Waals surface area contributed by atoms with Crippen molar-refractivity contribution in [3.63, 3.8) is 0 Å². The van der Waals surface area contributed by atoms with Crippen LogP contribution in [0.4, 0.5) is 4.79 Å². The van der Waals surface area contributed by atoms with Crippen molar-refractivity contribution in [2.45, 2.75) is 46.1 Å². The molecule has 25 heavy (non-hydrogen) atoms. The SMILES string of the molecule is CCNC(=NCC1CCN(CC)C1)NC1CCN(C(=O)OCC)CC1. The highest BCUT2D eigenvalue weighted by Crippen LogP contribution is 2.16. The zero-order chi connectivity index (χ0) is 18.1. The Labute approximate surface area is 152 Å². The van der Waals surface area contributed by atoms with Crippen LogP contribution in [-0.4, -0.2) is 80.3 Å². The van der Waals surface area contributed by atoms with Gasteiger partial charge in [-0.2, -0.15) is 0 Å². The second-order valence-corrected chi connectivity index (χ2v) is 6.87. The Kier molecular flexibility index (Phi) is 8.31. The minimum Gasteiger partial charge on any atom is -0.450 e. The number of hydrogen-bond donors (Lipinski definition) is 2. The van der Waals surface area contributed by atoms with Crippen molar-refractivity contribution in [2.75, 3.05) is 52.4 Å². The summed E-state index contributed by atoms with van der Waals surface area (Å²) in [5.74, 6) is 1.58. The molecule has 0 aliphatic carbocycles. The van der Waals surface area contributed by atoms with Crippen LogP contribution >= 0.6 is 0 Å². The van der Waals surface area contributed by atoms with Gasteiger partial charge >= 0.3 is 6.09 Å². The number of guanidine groups is 1. The number of carbonyl (C=O) groups is 1. The third kappa shape index (κ3) is 6.38. The highest BCUT2D eigenvalue weighted by atomic mass is 16.6. The molecule has 2 aliphatic rings. The molecule has 0 aromatic rings. The molecule has 7 heteroatoms. The van der Waals surface area contributed by atoms with Crippen molar-refractivity contribution in [3.8, 4) is 0 Å². The van der Waals surface area contributed by atoms with Gasteiger partial charge < -0.3 is 25.2 Å². The molecule has 0 aromatic heterocycles. The smallest absolute Gasteiger partial charge is 0.409 e. The molecule has 0 spiro atoms. The van der Waals surface area contributed by atoms with Crippen molar-refractivity contribution < 1.29 is 9.53 Å². The molecule has 1 atom stereocenters. The Morgan fingerprint density at radius 2 is 1.92 bits per heavy atom. The fourth-order valence-corrected chi connectivity index (χ4v) is 3.50. The first-order chi connectivity index (χ1) is 12.2. The van der Waals surface area contributed by atoms with E-state index in [-0.39, 0.29) is 6.09 Å². The number of rotatable bonds is 6. The van der Waals surface area contributed by atoms with Crippen LogP contribution < -0.4 is 10.6 Å². The molecular weight excluding hydrogens is 318 g/mol. The Hall–Kier alpha value is -1.50. The lowest BCUT2D eigenvalue weighted by atomic mass is 10.1. The number of ether oxygens (including phenoxy) is 1. The number of amides is 1. The minimum absolute atomic E-state index is 0.191. The molecular formula is C18H35N5O2. The summed E-state index contributed by atoms with van der Waals surface area (Å²) in [6.07, 6.45) is 2.91. The van der Waals surface area contributed by atoms with Crippen LogP contribution in [0.15, 0.2) is 4.99 Å². The fraction of sp³-hybridized carbons (Fsp3) is 0.889. The predicted octanol–water partition coefficient (Wildman–Crippen LogP) is 1.50. The first-order valence-corrected chi connectivity index (χ1v) is 9.85. The molecule has 1 amide bonds. The first kappa shape index (κ1) is 19.8. The average Bonchev–Trinajstić information content (AvgIpc) is 3.09. The molecule has 2 saturated heterocycles. The Bertz CT molecular complexity index is 435. The van der Waals surface area contributed by atoms with Crippen LogP contribution in [0.3, 0.4) is 0 Å². The summed E-state index contributed by atoms with van der Waals surface area (Å²) >= 11 is 0. The van der Waals surface area contributed by atoms with E-state index < -0.39 is 0 Å². The third-order valence-electron chi connectivity index (χ3n) is 5.03. The summed E-state index contributed by atoms with van der Waals surface area (Å²) in [5.41, 5.74) is 0.